The summed E-state index contributed by atoms with van der Waals surface area (Å²) in [4.78, 5) is 55.1. The van der Waals surface area contributed by atoms with Crippen molar-refractivity contribution in [2.24, 2.45) is 0 Å². The molecule has 5 rings (SSSR count). The van der Waals surface area contributed by atoms with Gasteiger partial charge in [-0.15, -0.1) is 0 Å². The molecule has 18 heteroatoms. The van der Waals surface area contributed by atoms with Crippen molar-refractivity contribution in [3.05, 3.63) is 102 Å². The van der Waals surface area contributed by atoms with E-state index in [2.05, 4.69) is 9.97 Å². The van der Waals surface area contributed by atoms with Crippen LogP contribution in [0.1, 0.15) is 28.0 Å². The van der Waals surface area contributed by atoms with Gasteiger partial charge in [0.2, 0.25) is 0 Å². The molecule has 238 valence electrons. The summed E-state index contributed by atoms with van der Waals surface area (Å²) in [5.74, 6) is -3.25. The number of aromatic nitrogens is 3. The lowest BCUT2D eigenvalue weighted by Crippen LogP contribution is -2.35. The van der Waals surface area contributed by atoms with E-state index in [0.29, 0.717) is 49.7 Å². The number of carbonyl (C=O) groups excluding carboxylic acids is 1. The van der Waals surface area contributed by atoms with Crippen LogP contribution in [0.5, 0.6) is 0 Å². The van der Waals surface area contributed by atoms with Gasteiger partial charge in [0.15, 0.2) is 0 Å². The van der Waals surface area contributed by atoms with Gasteiger partial charge < -0.3 is 19.9 Å². The molecular weight excluding hydrogens is 651 g/mol. The first-order chi connectivity index (χ1) is 21.2. The zero-order valence-electron chi connectivity index (χ0n) is 22.9. The fourth-order valence-corrected chi connectivity index (χ4v) is 5.01. The molecule has 0 bridgehead atoms. The highest BCUT2D eigenvalue weighted by Crippen LogP contribution is 2.27. The van der Waals surface area contributed by atoms with Crippen molar-refractivity contribution in [3.8, 4) is 0 Å². The van der Waals surface area contributed by atoms with E-state index in [1.807, 2.05) is 4.90 Å². The van der Waals surface area contributed by atoms with Crippen LogP contribution < -0.4 is 10.5 Å². The van der Waals surface area contributed by atoms with Crippen LogP contribution in [0, 0.1) is 15.9 Å². The van der Waals surface area contributed by atoms with E-state index in [9.17, 15) is 37.3 Å². The normalized spacial score (nSPS) is 13.6. The molecule has 4 heterocycles. The number of carboxylic acid groups (broad SMARTS) is 1. The first-order valence-electron chi connectivity index (χ1n) is 13.0. The highest BCUT2D eigenvalue weighted by molar-refractivity contribution is 6.42. The molecule has 0 spiro atoms. The van der Waals surface area contributed by atoms with Gasteiger partial charge in [0.25, 0.3) is 17.2 Å². The molecule has 0 radical (unpaired) electrons. The number of anilines is 1. The van der Waals surface area contributed by atoms with E-state index in [4.69, 9.17) is 33.1 Å². The zero-order chi connectivity index (χ0) is 33.1. The minimum Gasteiger partial charge on any atom is -0.475 e. The summed E-state index contributed by atoms with van der Waals surface area (Å²) < 4.78 is 48.1. The molecule has 12 nitrogen and oxygen atoms in total. The van der Waals surface area contributed by atoms with Crippen LogP contribution >= 0.6 is 23.2 Å². The Bertz CT molecular complexity index is 1810. The maximum Gasteiger partial charge on any atom is 0.490 e. The molecule has 45 heavy (non-hydrogen) atoms. The number of rotatable bonds is 5. The van der Waals surface area contributed by atoms with Gasteiger partial charge in [-0.25, -0.2) is 14.2 Å². The number of halogens is 6. The van der Waals surface area contributed by atoms with Crippen molar-refractivity contribution in [1.82, 2.24) is 19.3 Å². The van der Waals surface area contributed by atoms with Crippen molar-refractivity contribution in [1.29, 1.82) is 0 Å². The van der Waals surface area contributed by atoms with Gasteiger partial charge in [-0.3, -0.25) is 24.1 Å². The summed E-state index contributed by atoms with van der Waals surface area (Å²) in [6.07, 6.45) is -1.49. The maximum atomic E-state index is 14.8. The molecule has 1 fully saturated rings. The van der Waals surface area contributed by atoms with Crippen LogP contribution in [-0.2, 0) is 11.2 Å². The lowest BCUT2D eigenvalue weighted by Gasteiger charge is -2.23. The van der Waals surface area contributed by atoms with E-state index in [1.54, 1.807) is 17.0 Å². The third kappa shape index (κ3) is 7.69. The number of benzene rings is 1. The lowest BCUT2D eigenvalue weighted by atomic mass is 10.0. The second-order valence-corrected chi connectivity index (χ2v) is 10.4. The number of nitro groups is 1. The Morgan fingerprint density at radius 2 is 1.80 bits per heavy atom. The average molecular weight is 673 g/mol. The zero-order valence-corrected chi connectivity index (χ0v) is 24.4. The molecule has 0 saturated carbocycles. The molecule has 1 amide bonds. The topological polar surface area (TPSA) is 154 Å². The summed E-state index contributed by atoms with van der Waals surface area (Å²) in [7, 11) is 0. The molecule has 1 aliphatic heterocycles. The second kappa shape index (κ2) is 13.5. The predicted octanol–water partition coefficient (Wildman–Crippen LogP) is 4.95. The number of carboxylic acids is 1. The lowest BCUT2D eigenvalue weighted by molar-refractivity contribution is -0.385. The number of hydrogen-bond donors (Lipinski definition) is 2. The number of nitrogens with zero attached hydrogens (tertiary/aromatic N) is 5. The SMILES string of the molecule is O=C(O)C(F)(F)F.O=C(c1cc(Cc2c[nH]c(=O)c3cc(Cl)c(Cl)n23)ccc1F)N1CCCN(c2ccc([N+](=O)[O-])cn2)CC1. The monoisotopic (exact) mass is 672 g/mol. The fourth-order valence-electron chi connectivity index (χ4n) is 4.57. The Morgan fingerprint density at radius 1 is 1.09 bits per heavy atom. The van der Waals surface area contributed by atoms with Gasteiger partial charge >= 0.3 is 12.1 Å². The molecule has 0 atom stereocenters. The number of H-pyrrole nitrogens is 1. The molecule has 0 aliphatic carbocycles. The summed E-state index contributed by atoms with van der Waals surface area (Å²) >= 11 is 12.4. The van der Waals surface area contributed by atoms with Crippen LogP contribution in [0.3, 0.4) is 0 Å². The van der Waals surface area contributed by atoms with E-state index in [-0.39, 0.29) is 38.9 Å². The van der Waals surface area contributed by atoms with E-state index in [0.717, 1.165) is 0 Å². The number of aromatic amines is 1. The number of hydrogen-bond acceptors (Lipinski definition) is 7. The average Bonchev–Trinajstić information content (AvgIpc) is 3.14. The number of carbonyl (C=O) groups is 2. The van der Waals surface area contributed by atoms with Gasteiger partial charge in [0.1, 0.15) is 28.5 Å². The van der Waals surface area contributed by atoms with E-state index >= 15 is 0 Å². The Hall–Kier alpha value is -4.70. The second-order valence-electron chi connectivity index (χ2n) is 9.67. The minimum absolute atomic E-state index is 0.0540. The van der Waals surface area contributed by atoms with Crippen molar-refractivity contribution in [2.75, 3.05) is 31.1 Å². The third-order valence-corrected chi connectivity index (χ3v) is 7.48. The molecule has 0 unspecified atom stereocenters. The first-order valence-corrected chi connectivity index (χ1v) is 13.7. The molecule has 2 N–H and O–H groups in total. The van der Waals surface area contributed by atoms with Gasteiger partial charge in [-0.2, -0.15) is 13.2 Å². The summed E-state index contributed by atoms with van der Waals surface area (Å²) in [6, 6.07) is 8.78. The highest BCUT2D eigenvalue weighted by atomic mass is 35.5. The number of pyridine rings is 1. The number of fused-ring (bicyclic) bond motifs is 1. The first kappa shape index (κ1) is 33.2. The van der Waals surface area contributed by atoms with Crippen molar-refractivity contribution in [2.45, 2.75) is 19.0 Å². The van der Waals surface area contributed by atoms with Gasteiger partial charge in [0.05, 0.1) is 15.5 Å². The van der Waals surface area contributed by atoms with Crippen LogP contribution in [0.4, 0.5) is 29.1 Å². The smallest absolute Gasteiger partial charge is 0.475 e. The molecule has 1 aliphatic rings. The van der Waals surface area contributed by atoms with Crippen molar-refractivity contribution in [3.63, 3.8) is 0 Å². The number of alkyl halides is 3. The Labute approximate surface area is 260 Å². The van der Waals surface area contributed by atoms with E-state index < -0.39 is 28.8 Å². The van der Waals surface area contributed by atoms with Gasteiger partial charge in [-0.1, -0.05) is 29.3 Å². The van der Waals surface area contributed by atoms with Crippen LogP contribution in [0.25, 0.3) is 5.52 Å². The number of aliphatic carboxylic acids is 1. The Kier molecular flexibility index (Phi) is 9.97. The van der Waals surface area contributed by atoms with Gasteiger partial charge in [0, 0.05) is 50.6 Å². The largest absolute Gasteiger partial charge is 0.490 e. The molecule has 3 aromatic heterocycles. The maximum absolute atomic E-state index is 14.8. The van der Waals surface area contributed by atoms with Crippen LogP contribution in [0.2, 0.25) is 10.2 Å². The van der Waals surface area contributed by atoms with Gasteiger partial charge in [-0.05, 0) is 36.2 Å². The summed E-state index contributed by atoms with van der Waals surface area (Å²) in [5, 5.41) is 18.4. The highest BCUT2D eigenvalue weighted by Gasteiger charge is 2.38. The molecular formula is C27H22Cl2F4N6O6. The van der Waals surface area contributed by atoms with E-state index in [1.165, 1.54) is 41.1 Å². The molecule has 4 aromatic rings. The fraction of sp³-hybridized carbons (Fsp3) is 0.259. The number of amides is 1. The predicted molar refractivity (Wildman–Crippen MR) is 155 cm³/mol. The van der Waals surface area contributed by atoms with Crippen LogP contribution in [0.15, 0.2) is 53.6 Å². The molecule has 1 aromatic carbocycles. The third-order valence-electron chi connectivity index (χ3n) is 6.73. The van der Waals surface area contributed by atoms with Crippen LogP contribution in [-0.4, -0.2) is 73.5 Å². The Morgan fingerprint density at radius 3 is 2.42 bits per heavy atom. The summed E-state index contributed by atoms with van der Waals surface area (Å²) in [5.41, 5.74) is 1.05. The minimum atomic E-state index is -5.08. The standard InChI is InChI=1S/C25H21Cl2FN6O4.C2HF3O2/c26-19-12-21-24(35)30-14-17(33(21)23(19)27)10-15-2-4-20(28)18(11-15)25(36)32-7-1-6-31(8-9-32)22-5-3-16(13-29-22)34(37)38;3-2(4,5)1(6)7/h2-5,11-14H,1,6-10H2,(H,30,35);(H,6,7). The van der Waals surface area contributed by atoms with Crippen molar-refractivity contribution < 1.29 is 37.2 Å². The molecule has 1 saturated heterocycles. The summed E-state index contributed by atoms with van der Waals surface area (Å²) in [6.45, 7) is 1.79. The quantitative estimate of drug-likeness (QED) is 0.171. The number of nitrogens with one attached hydrogen (secondary N) is 1. The Balaban J connectivity index is 0.000000591. The van der Waals surface area contributed by atoms with Crippen molar-refractivity contribution >= 4 is 52.1 Å².